The van der Waals surface area contributed by atoms with Gasteiger partial charge in [-0.15, -0.1) is 11.3 Å². The van der Waals surface area contributed by atoms with Crippen molar-refractivity contribution in [3.63, 3.8) is 0 Å². The SMILES string of the molecule is N#Cc1ccc(Cl)cc1NS(=O)(=O)c1scnc1C(=O)O. The van der Waals surface area contributed by atoms with Crippen LogP contribution in [0.25, 0.3) is 0 Å². The number of carbonyl (C=O) groups is 1. The smallest absolute Gasteiger partial charge is 0.356 e. The molecule has 0 saturated heterocycles. The number of carboxylic acids is 1. The van der Waals surface area contributed by atoms with Gasteiger partial charge in [-0.1, -0.05) is 11.6 Å². The molecule has 0 saturated carbocycles. The molecule has 21 heavy (non-hydrogen) atoms. The van der Waals surface area contributed by atoms with Gasteiger partial charge in [0, 0.05) is 5.02 Å². The number of rotatable bonds is 4. The third-order valence-electron chi connectivity index (χ3n) is 2.33. The summed E-state index contributed by atoms with van der Waals surface area (Å²) in [5.74, 6) is -1.46. The number of anilines is 1. The molecule has 108 valence electrons. The summed E-state index contributed by atoms with van der Waals surface area (Å²) in [6, 6.07) is 5.87. The van der Waals surface area contributed by atoms with E-state index >= 15 is 0 Å². The minimum Gasteiger partial charge on any atom is -0.476 e. The molecule has 1 aromatic heterocycles. The highest BCUT2D eigenvalue weighted by atomic mass is 35.5. The Morgan fingerprint density at radius 2 is 2.19 bits per heavy atom. The van der Waals surface area contributed by atoms with Crippen LogP contribution in [0.5, 0.6) is 0 Å². The van der Waals surface area contributed by atoms with Crippen LogP contribution in [0.4, 0.5) is 5.69 Å². The molecule has 7 nitrogen and oxygen atoms in total. The normalized spacial score (nSPS) is 10.9. The number of hydrogen-bond acceptors (Lipinski definition) is 6. The number of halogens is 1. The Bertz CT molecular complexity index is 855. The number of benzene rings is 1. The molecule has 2 N–H and O–H groups in total. The Morgan fingerprint density at radius 1 is 1.48 bits per heavy atom. The Morgan fingerprint density at radius 3 is 2.81 bits per heavy atom. The molecule has 0 amide bonds. The molecule has 0 aliphatic heterocycles. The second-order valence-corrected chi connectivity index (χ2v) is 6.87. The minimum absolute atomic E-state index is 0.0326. The van der Waals surface area contributed by atoms with Crippen LogP contribution in [0.2, 0.25) is 5.02 Å². The van der Waals surface area contributed by atoms with Crippen molar-refractivity contribution in [1.82, 2.24) is 4.98 Å². The number of sulfonamides is 1. The van der Waals surface area contributed by atoms with Crippen molar-refractivity contribution >= 4 is 44.6 Å². The van der Waals surface area contributed by atoms with Gasteiger partial charge in [-0.2, -0.15) is 5.26 Å². The quantitative estimate of drug-likeness (QED) is 0.877. The van der Waals surface area contributed by atoms with Crippen LogP contribution in [-0.2, 0) is 10.0 Å². The topological polar surface area (TPSA) is 120 Å². The summed E-state index contributed by atoms with van der Waals surface area (Å²) in [5.41, 5.74) is 0.563. The largest absolute Gasteiger partial charge is 0.476 e. The van der Waals surface area contributed by atoms with Gasteiger partial charge >= 0.3 is 5.97 Å². The molecule has 0 aliphatic carbocycles. The van der Waals surface area contributed by atoms with Crippen LogP contribution >= 0.6 is 22.9 Å². The van der Waals surface area contributed by atoms with Crippen LogP contribution in [-0.4, -0.2) is 24.5 Å². The van der Waals surface area contributed by atoms with Gasteiger partial charge in [0.1, 0.15) is 6.07 Å². The molecule has 0 aliphatic rings. The van der Waals surface area contributed by atoms with E-state index in [1.54, 1.807) is 0 Å². The molecule has 10 heteroatoms. The summed E-state index contributed by atoms with van der Waals surface area (Å²) in [4.78, 5) is 14.4. The van der Waals surface area contributed by atoms with Crippen LogP contribution < -0.4 is 4.72 Å². The number of hydrogen-bond donors (Lipinski definition) is 2. The van der Waals surface area contributed by atoms with Gasteiger partial charge in [0.15, 0.2) is 9.90 Å². The predicted octanol–water partition coefficient (Wildman–Crippen LogP) is 2.17. The Labute approximate surface area is 128 Å². The van der Waals surface area contributed by atoms with Crippen molar-refractivity contribution in [1.29, 1.82) is 5.26 Å². The average Bonchev–Trinajstić information content (AvgIpc) is 2.88. The van der Waals surface area contributed by atoms with E-state index in [4.69, 9.17) is 22.0 Å². The molecule has 1 aromatic carbocycles. The molecule has 0 spiro atoms. The average molecular weight is 344 g/mol. The molecule has 2 rings (SSSR count). The summed E-state index contributed by atoms with van der Waals surface area (Å²) < 4.78 is 26.1. The first-order valence-corrected chi connectivity index (χ1v) is 7.98. The maximum atomic E-state index is 12.2. The number of nitriles is 1. The lowest BCUT2D eigenvalue weighted by Crippen LogP contribution is -2.16. The molecule has 0 unspecified atom stereocenters. The number of nitrogens with zero attached hydrogens (tertiary/aromatic N) is 2. The fraction of sp³-hybridized carbons (Fsp3) is 0. The number of aromatic carboxylic acids is 1. The highest BCUT2D eigenvalue weighted by molar-refractivity contribution is 7.94. The van der Waals surface area contributed by atoms with Crippen molar-refractivity contribution in [2.45, 2.75) is 4.21 Å². The number of thiazole rings is 1. The number of nitrogens with one attached hydrogen (secondary N) is 1. The van der Waals surface area contributed by atoms with Crippen LogP contribution in [0.1, 0.15) is 16.1 Å². The molecule has 1 heterocycles. The van der Waals surface area contributed by atoms with Crippen LogP contribution in [0.3, 0.4) is 0 Å². The zero-order valence-electron chi connectivity index (χ0n) is 10.1. The first-order chi connectivity index (χ1) is 9.85. The van der Waals surface area contributed by atoms with Crippen molar-refractivity contribution in [2.24, 2.45) is 0 Å². The van der Waals surface area contributed by atoms with E-state index < -0.39 is 25.9 Å². The summed E-state index contributed by atoms with van der Waals surface area (Å²) in [6.07, 6.45) is 0. The van der Waals surface area contributed by atoms with Crippen molar-refractivity contribution in [3.05, 3.63) is 40.0 Å². The summed E-state index contributed by atoms with van der Waals surface area (Å²) >= 11 is 6.42. The van der Waals surface area contributed by atoms with E-state index in [2.05, 4.69) is 9.71 Å². The van der Waals surface area contributed by atoms with Crippen LogP contribution in [0.15, 0.2) is 27.9 Å². The Kier molecular flexibility index (Phi) is 4.13. The molecule has 0 fully saturated rings. The van der Waals surface area contributed by atoms with Gasteiger partial charge < -0.3 is 5.11 Å². The Hall–Kier alpha value is -2.15. The summed E-state index contributed by atoms with van der Waals surface area (Å²) in [5, 5.41) is 18.1. The summed E-state index contributed by atoms with van der Waals surface area (Å²) in [7, 11) is -4.18. The standard InChI is InChI=1S/C11H6ClN3O4S2/c12-7-2-1-6(4-13)8(3-7)15-21(18,19)11-9(10(16)17)14-5-20-11/h1-3,5,15H,(H,16,17). The number of carboxylic acid groups (broad SMARTS) is 1. The molecule has 2 aromatic rings. The van der Waals surface area contributed by atoms with Crippen molar-refractivity contribution in [3.8, 4) is 6.07 Å². The third-order valence-corrected chi connectivity index (χ3v) is 5.30. The molecule has 0 radical (unpaired) electrons. The summed E-state index contributed by atoms with van der Waals surface area (Å²) in [6.45, 7) is 0. The fourth-order valence-corrected chi connectivity index (χ4v) is 3.84. The van der Waals surface area contributed by atoms with E-state index in [0.717, 1.165) is 5.51 Å². The molecular formula is C11H6ClN3O4S2. The lowest BCUT2D eigenvalue weighted by molar-refractivity contribution is 0.0687. The van der Waals surface area contributed by atoms with Crippen molar-refractivity contribution in [2.75, 3.05) is 4.72 Å². The zero-order chi connectivity index (χ0) is 15.6. The van der Waals surface area contributed by atoms with Gasteiger partial charge in [0.05, 0.1) is 16.8 Å². The first-order valence-electron chi connectivity index (χ1n) is 5.24. The second-order valence-electron chi connectivity index (χ2n) is 3.70. The lowest BCUT2D eigenvalue weighted by Gasteiger charge is -2.08. The maximum absolute atomic E-state index is 12.2. The minimum atomic E-state index is -4.18. The highest BCUT2D eigenvalue weighted by Gasteiger charge is 2.26. The molecule has 0 bridgehead atoms. The monoisotopic (exact) mass is 343 g/mol. The van der Waals surface area contributed by atoms with Crippen LogP contribution in [0, 0.1) is 11.3 Å². The highest BCUT2D eigenvalue weighted by Crippen LogP contribution is 2.26. The van der Waals surface area contributed by atoms with Gasteiger partial charge in [-0.05, 0) is 18.2 Å². The lowest BCUT2D eigenvalue weighted by atomic mass is 10.2. The second kappa shape index (κ2) is 5.69. The van der Waals surface area contributed by atoms with Crippen molar-refractivity contribution < 1.29 is 18.3 Å². The first kappa shape index (κ1) is 15.2. The van der Waals surface area contributed by atoms with Gasteiger partial charge in [-0.3, -0.25) is 4.72 Å². The van der Waals surface area contributed by atoms with Gasteiger partial charge in [0.2, 0.25) is 0 Å². The zero-order valence-corrected chi connectivity index (χ0v) is 12.5. The fourth-order valence-electron chi connectivity index (χ4n) is 1.46. The molecular weight excluding hydrogens is 338 g/mol. The third kappa shape index (κ3) is 3.13. The number of aromatic nitrogens is 1. The van der Waals surface area contributed by atoms with E-state index in [1.165, 1.54) is 18.2 Å². The predicted molar refractivity (Wildman–Crippen MR) is 76.0 cm³/mol. The Balaban J connectivity index is 2.48. The van der Waals surface area contributed by atoms with E-state index in [0.29, 0.717) is 11.3 Å². The van der Waals surface area contributed by atoms with Gasteiger partial charge in [-0.25, -0.2) is 18.2 Å². The van der Waals surface area contributed by atoms with E-state index in [-0.39, 0.29) is 16.3 Å². The van der Waals surface area contributed by atoms with E-state index in [1.807, 2.05) is 6.07 Å². The van der Waals surface area contributed by atoms with E-state index in [9.17, 15) is 13.2 Å². The maximum Gasteiger partial charge on any atom is 0.356 e. The molecule has 0 atom stereocenters. The van der Waals surface area contributed by atoms with Gasteiger partial charge in [0.25, 0.3) is 10.0 Å².